The molecule has 0 aliphatic carbocycles. The van der Waals surface area contributed by atoms with E-state index in [0.29, 0.717) is 0 Å². The van der Waals surface area contributed by atoms with Crippen molar-refractivity contribution in [3.63, 3.8) is 0 Å². The molecule has 1 rings (SSSR count). The first-order chi connectivity index (χ1) is 6.45. The highest BCUT2D eigenvalue weighted by atomic mass is 19.1. The van der Waals surface area contributed by atoms with E-state index < -0.39 is 34.6 Å². The Balaban J connectivity index is 3.49. The predicted molar refractivity (Wildman–Crippen MR) is 44.7 cm³/mol. The number of aromatic carboxylic acids is 2. The fourth-order valence-corrected chi connectivity index (χ4v) is 0.997. The van der Waals surface area contributed by atoms with Gasteiger partial charge in [0.1, 0.15) is 11.4 Å². The van der Waals surface area contributed by atoms with Crippen LogP contribution < -0.4 is 5.73 Å². The predicted octanol–water partition coefficient (Wildman–Crippen LogP) is 0.804. The van der Waals surface area contributed by atoms with E-state index in [9.17, 15) is 14.0 Å². The zero-order valence-electron chi connectivity index (χ0n) is 6.82. The highest BCUT2D eigenvalue weighted by Gasteiger charge is 2.20. The Morgan fingerprint density at radius 1 is 1.21 bits per heavy atom. The first kappa shape index (κ1) is 9.97. The van der Waals surface area contributed by atoms with Crippen molar-refractivity contribution in [2.24, 2.45) is 0 Å². The number of anilines is 1. The van der Waals surface area contributed by atoms with Gasteiger partial charge in [0.05, 0.1) is 11.3 Å². The average molecular weight is 199 g/mol. The maximum atomic E-state index is 12.9. The van der Waals surface area contributed by atoms with Gasteiger partial charge in [0.2, 0.25) is 0 Å². The van der Waals surface area contributed by atoms with E-state index >= 15 is 0 Å². The van der Waals surface area contributed by atoms with Gasteiger partial charge < -0.3 is 15.9 Å². The molecule has 0 aliphatic heterocycles. The van der Waals surface area contributed by atoms with Crippen molar-refractivity contribution < 1.29 is 24.2 Å². The number of carbonyl (C=O) groups is 2. The minimum absolute atomic E-state index is 0.427. The molecule has 0 amide bonds. The van der Waals surface area contributed by atoms with Crippen molar-refractivity contribution in [2.45, 2.75) is 0 Å². The first-order valence-corrected chi connectivity index (χ1v) is 3.49. The zero-order chi connectivity index (χ0) is 10.9. The maximum Gasteiger partial charge on any atom is 0.340 e. The summed E-state index contributed by atoms with van der Waals surface area (Å²) in [5.74, 6) is -4.05. The lowest BCUT2D eigenvalue weighted by Gasteiger charge is -2.05. The van der Waals surface area contributed by atoms with Crippen LogP contribution in [0.25, 0.3) is 0 Å². The van der Waals surface area contributed by atoms with Crippen LogP contribution in [-0.2, 0) is 0 Å². The summed E-state index contributed by atoms with van der Waals surface area (Å²) in [5.41, 5.74) is 3.36. The van der Waals surface area contributed by atoms with Gasteiger partial charge in [-0.1, -0.05) is 0 Å². The summed E-state index contributed by atoms with van der Waals surface area (Å²) >= 11 is 0. The zero-order valence-corrected chi connectivity index (χ0v) is 6.82. The molecule has 5 nitrogen and oxygen atoms in total. The Morgan fingerprint density at radius 3 is 2.21 bits per heavy atom. The quantitative estimate of drug-likeness (QED) is 0.611. The van der Waals surface area contributed by atoms with E-state index in [2.05, 4.69) is 0 Å². The van der Waals surface area contributed by atoms with Crippen molar-refractivity contribution in [1.29, 1.82) is 0 Å². The van der Waals surface area contributed by atoms with Crippen LogP contribution in [0.1, 0.15) is 20.7 Å². The van der Waals surface area contributed by atoms with Gasteiger partial charge >= 0.3 is 11.9 Å². The van der Waals surface area contributed by atoms with Crippen molar-refractivity contribution in [1.82, 2.24) is 0 Å². The minimum Gasteiger partial charge on any atom is -0.478 e. The number of halogens is 1. The molecule has 4 N–H and O–H groups in total. The lowest BCUT2D eigenvalue weighted by atomic mass is 10.1. The molecule has 0 aliphatic rings. The number of hydrogen-bond acceptors (Lipinski definition) is 3. The molecule has 0 fully saturated rings. The number of nitrogen functional groups attached to an aromatic ring is 1. The minimum atomic E-state index is -1.59. The Morgan fingerprint density at radius 2 is 1.79 bits per heavy atom. The molecule has 0 spiro atoms. The number of rotatable bonds is 2. The highest BCUT2D eigenvalue weighted by Crippen LogP contribution is 2.20. The number of carboxylic acids is 2. The second-order valence-electron chi connectivity index (χ2n) is 2.49. The first-order valence-electron chi connectivity index (χ1n) is 3.49. The van der Waals surface area contributed by atoms with E-state index in [1.165, 1.54) is 0 Å². The highest BCUT2D eigenvalue weighted by molar-refractivity contribution is 6.02. The molecule has 1 aromatic carbocycles. The van der Waals surface area contributed by atoms with E-state index in [1.807, 2.05) is 0 Å². The van der Waals surface area contributed by atoms with Gasteiger partial charge in [-0.2, -0.15) is 0 Å². The molecule has 74 valence electrons. The smallest absolute Gasteiger partial charge is 0.340 e. The van der Waals surface area contributed by atoms with Gasteiger partial charge in [-0.3, -0.25) is 0 Å². The summed E-state index contributed by atoms with van der Waals surface area (Å²) in [6.07, 6.45) is 0. The molecule has 0 atom stereocenters. The number of nitrogens with two attached hydrogens (primary N) is 1. The fraction of sp³-hybridized carbons (Fsp3) is 0. The molecule has 0 unspecified atom stereocenters. The monoisotopic (exact) mass is 199 g/mol. The summed E-state index contributed by atoms with van der Waals surface area (Å²) in [6.45, 7) is 0. The van der Waals surface area contributed by atoms with Crippen LogP contribution in [-0.4, -0.2) is 22.2 Å². The molecule has 0 saturated carbocycles. The second-order valence-corrected chi connectivity index (χ2v) is 2.49. The third-order valence-electron chi connectivity index (χ3n) is 1.64. The van der Waals surface area contributed by atoms with Gasteiger partial charge in [0, 0.05) is 0 Å². The second kappa shape index (κ2) is 3.33. The van der Waals surface area contributed by atoms with Gasteiger partial charge in [-0.25, -0.2) is 14.0 Å². The molecule has 0 bridgehead atoms. The molecular weight excluding hydrogens is 193 g/mol. The van der Waals surface area contributed by atoms with E-state index in [-0.39, 0.29) is 0 Å². The standard InChI is InChI=1S/C8H6FNO4/c9-4-2-1-3(7(11)12)6(10)5(4)8(13)14/h1-2H,10H2,(H,11,12)(H,13,14). The van der Waals surface area contributed by atoms with Crippen LogP contribution in [0, 0.1) is 5.82 Å². The molecule has 1 aromatic rings. The van der Waals surface area contributed by atoms with Gasteiger partial charge in [-0.15, -0.1) is 0 Å². The number of hydrogen-bond donors (Lipinski definition) is 3. The van der Waals surface area contributed by atoms with Crippen LogP contribution in [0.5, 0.6) is 0 Å². The van der Waals surface area contributed by atoms with Crippen LogP contribution in [0.4, 0.5) is 10.1 Å². The Labute approximate surface area is 77.6 Å². The number of carboxylic acid groups (broad SMARTS) is 2. The molecule has 6 heteroatoms. The van der Waals surface area contributed by atoms with Gasteiger partial charge in [-0.05, 0) is 12.1 Å². The van der Waals surface area contributed by atoms with Crippen molar-refractivity contribution in [3.05, 3.63) is 29.1 Å². The summed E-state index contributed by atoms with van der Waals surface area (Å²) < 4.78 is 12.9. The van der Waals surface area contributed by atoms with Crippen LogP contribution >= 0.6 is 0 Å². The molecule has 0 heterocycles. The summed E-state index contributed by atoms with van der Waals surface area (Å²) in [4.78, 5) is 21.0. The van der Waals surface area contributed by atoms with Crippen LogP contribution in [0.15, 0.2) is 12.1 Å². The lowest BCUT2D eigenvalue weighted by molar-refractivity contribution is 0.0692. The van der Waals surface area contributed by atoms with E-state index in [4.69, 9.17) is 15.9 Å². The third kappa shape index (κ3) is 1.49. The average Bonchev–Trinajstić information content (AvgIpc) is 2.02. The fourth-order valence-electron chi connectivity index (χ4n) is 0.997. The summed E-state index contributed by atoms with van der Waals surface area (Å²) in [5, 5.41) is 17.1. The molecule has 0 radical (unpaired) electrons. The van der Waals surface area contributed by atoms with Crippen molar-refractivity contribution in [2.75, 3.05) is 5.73 Å². The topological polar surface area (TPSA) is 101 Å². The molecule has 0 saturated heterocycles. The molecule has 0 aromatic heterocycles. The summed E-state index contributed by atoms with van der Waals surface area (Å²) in [7, 11) is 0. The maximum absolute atomic E-state index is 12.9. The molecule has 14 heavy (non-hydrogen) atoms. The van der Waals surface area contributed by atoms with Crippen molar-refractivity contribution >= 4 is 17.6 Å². The summed E-state index contributed by atoms with van der Waals surface area (Å²) in [6, 6.07) is 1.67. The normalized spacial score (nSPS) is 9.79. The Kier molecular flexibility index (Phi) is 2.37. The lowest BCUT2D eigenvalue weighted by Crippen LogP contribution is -2.11. The largest absolute Gasteiger partial charge is 0.478 e. The Bertz CT molecular complexity index is 416. The molecular formula is C8H6FNO4. The van der Waals surface area contributed by atoms with Crippen LogP contribution in [0.2, 0.25) is 0 Å². The van der Waals surface area contributed by atoms with Gasteiger partial charge in [0.15, 0.2) is 0 Å². The number of benzene rings is 1. The van der Waals surface area contributed by atoms with E-state index in [1.54, 1.807) is 0 Å². The SMILES string of the molecule is Nc1c(C(=O)O)ccc(F)c1C(=O)O. The Hall–Kier alpha value is -2.11. The third-order valence-corrected chi connectivity index (χ3v) is 1.64. The van der Waals surface area contributed by atoms with E-state index in [0.717, 1.165) is 12.1 Å². The van der Waals surface area contributed by atoms with Crippen molar-refractivity contribution in [3.8, 4) is 0 Å². The van der Waals surface area contributed by atoms with Crippen LogP contribution in [0.3, 0.4) is 0 Å². The van der Waals surface area contributed by atoms with Gasteiger partial charge in [0.25, 0.3) is 0 Å².